The highest BCUT2D eigenvalue weighted by molar-refractivity contribution is 5.29. The number of nitrogens with one attached hydrogen (secondary N) is 1. The first-order valence-corrected chi connectivity index (χ1v) is 5.59. The Morgan fingerprint density at radius 2 is 2.00 bits per heavy atom. The minimum absolute atomic E-state index is 0.583. The van der Waals surface area contributed by atoms with E-state index in [1.54, 1.807) is 0 Å². The summed E-state index contributed by atoms with van der Waals surface area (Å²) in [6.07, 6.45) is 3.96. The van der Waals surface area contributed by atoms with Crippen molar-refractivity contribution in [1.82, 2.24) is 5.32 Å². The Labute approximate surface area is 86.5 Å². The molecule has 76 valence electrons. The van der Waals surface area contributed by atoms with Crippen LogP contribution in [-0.2, 0) is 0 Å². The molecule has 1 saturated heterocycles. The SMILES string of the molecule is Cc1ccccc1C1CCCC(C)N1. The van der Waals surface area contributed by atoms with Crippen molar-refractivity contribution < 1.29 is 0 Å². The van der Waals surface area contributed by atoms with Gasteiger partial charge in [-0.2, -0.15) is 0 Å². The summed E-state index contributed by atoms with van der Waals surface area (Å²) in [5.41, 5.74) is 2.90. The predicted octanol–water partition coefficient (Wildman–Crippen LogP) is 3.20. The van der Waals surface area contributed by atoms with E-state index in [1.807, 2.05) is 0 Å². The zero-order valence-corrected chi connectivity index (χ0v) is 9.09. The third kappa shape index (κ3) is 1.98. The van der Waals surface area contributed by atoms with Crippen LogP contribution in [0.15, 0.2) is 24.3 Å². The molecule has 0 saturated carbocycles. The van der Waals surface area contributed by atoms with E-state index in [9.17, 15) is 0 Å². The van der Waals surface area contributed by atoms with Gasteiger partial charge in [0.25, 0.3) is 0 Å². The maximum Gasteiger partial charge on any atom is 0.0325 e. The van der Waals surface area contributed by atoms with Gasteiger partial charge < -0.3 is 5.32 Å². The van der Waals surface area contributed by atoms with Crippen molar-refractivity contribution in [2.24, 2.45) is 0 Å². The fraction of sp³-hybridized carbons (Fsp3) is 0.538. The zero-order chi connectivity index (χ0) is 9.97. The van der Waals surface area contributed by atoms with Crippen molar-refractivity contribution in [2.75, 3.05) is 0 Å². The predicted molar refractivity (Wildman–Crippen MR) is 60.4 cm³/mol. The molecule has 14 heavy (non-hydrogen) atoms. The Balaban J connectivity index is 2.18. The van der Waals surface area contributed by atoms with Crippen LogP contribution in [0.3, 0.4) is 0 Å². The molecule has 1 N–H and O–H groups in total. The molecule has 0 aliphatic carbocycles. The lowest BCUT2D eigenvalue weighted by Gasteiger charge is -2.30. The number of benzene rings is 1. The van der Waals surface area contributed by atoms with Crippen LogP contribution in [0, 0.1) is 6.92 Å². The van der Waals surface area contributed by atoms with Gasteiger partial charge in [0.1, 0.15) is 0 Å². The first-order chi connectivity index (χ1) is 6.77. The summed E-state index contributed by atoms with van der Waals surface area (Å²) in [4.78, 5) is 0. The molecule has 2 atom stereocenters. The lowest BCUT2D eigenvalue weighted by molar-refractivity contribution is 0.340. The van der Waals surface area contributed by atoms with Gasteiger partial charge in [0.2, 0.25) is 0 Å². The molecular formula is C13H19N. The topological polar surface area (TPSA) is 12.0 Å². The smallest absolute Gasteiger partial charge is 0.0325 e. The monoisotopic (exact) mass is 189 g/mol. The zero-order valence-electron chi connectivity index (χ0n) is 9.09. The molecule has 2 rings (SSSR count). The van der Waals surface area contributed by atoms with E-state index in [-0.39, 0.29) is 0 Å². The number of hydrogen-bond acceptors (Lipinski definition) is 1. The first-order valence-electron chi connectivity index (χ1n) is 5.59. The maximum atomic E-state index is 3.67. The molecule has 1 fully saturated rings. The van der Waals surface area contributed by atoms with Gasteiger partial charge in [-0.25, -0.2) is 0 Å². The van der Waals surface area contributed by atoms with Crippen LogP contribution in [0.25, 0.3) is 0 Å². The summed E-state index contributed by atoms with van der Waals surface area (Å²) < 4.78 is 0. The van der Waals surface area contributed by atoms with Gasteiger partial charge in [0.05, 0.1) is 0 Å². The Bertz CT molecular complexity index is 306. The molecule has 0 radical (unpaired) electrons. The molecule has 1 heteroatoms. The van der Waals surface area contributed by atoms with E-state index in [2.05, 4.69) is 43.4 Å². The maximum absolute atomic E-state index is 3.67. The Hall–Kier alpha value is -0.820. The second-order valence-electron chi connectivity index (χ2n) is 4.41. The van der Waals surface area contributed by atoms with Crippen molar-refractivity contribution in [2.45, 2.75) is 45.2 Å². The molecule has 0 spiro atoms. The Morgan fingerprint density at radius 1 is 1.21 bits per heavy atom. The van der Waals surface area contributed by atoms with Gasteiger partial charge in [0, 0.05) is 12.1 Å². The standard InChI is InChI=1S/C13H19N/c1-10-6-3-4-8-12(10)13-9-5-7-11(2)14-13/h3-4,6,8,11,13-14H,5,7,9H2,1-2H3. The highest BCUT2D eigenvalue weighted by Gasteiger charge is 2.19. The summed E-state index contributed by atoms with van der Waals surface area (Å²) in [5.74, 6) is 0. The second-order valence-corrected chi connectivity index (χ2v) is 4.41. The second kappa shape index (κ2) is 4.14. The molecule has 1 aliphatic rings. The molecule has 0 aromatic heterocycles. The molecule has 1 heterocycles. The molecular weight excluding hydrogens is 170 g/mol. The molecule has 1 nitrogen and oxygen atoms in total. The van der Waals surface area contributed by atoms with Crippen LogP contribution < -0.4 is 5.32 Å². The van der Waals surface area contributed by atoms with Crippen LogP contribution in [0.5, 0.6) is 0 Å². The fourth-order valence-electron chi connectivity index (χ4n) is 2.36. The summed E-state index contributed by atoms with van der Waals surface area (Å²) >= 11 is 0. The molecule has 0 amide bonds. The van der Waals surface area contributed by atoms with Gasteiger partial charge in [-0.3, -0.25) is 0 Å². The van der Waals surface area contributed by atoms with Crippen LogP contribution in [-0.4, -0.2) is 6.04 Å². The van der Waals surface area contributed by atoms with E-state index in [1.165, 1.54) is 30.4 Å². The third-order valence-electron chi connectivity index (χ3n) is 3.18. The van der Waals surface area contributed by atoms with Crippen molar-refractivity contribution in [3.63, 3.8) is 0 Å². The van der Waals surface area contributed by atoms with E-state index >= 15 is 0 Å². The number of rotatable bonds is 1. The van der Waals surface area contributed by atoms with E-state index < -0.39 is 0 Å². The van der Waals surface area contributed by atoms with Crippen LogP contribution in [0.4, 0.5) is 0 Å². The average molecular weight is 189 g/mol. The summed E-state index contributed by atoms with van der Waals surface area (Å²) in [6.45, 7) is 4.49. The van der Waals surface area contributed by atoms with E-state index in [0.717, 1.165) is 0 Å². The van der Waals surface area contributed by atoms with Gasteiger partial charge in [-0.05, 0) is 37.8 Å². The summed E-state index contributed by atoms with van der Waals surface area (Å²) in [5, 5.41) is 3.67. The Morgan fingerprint density at radius 3 is 2.71 bits per heavy atom. The lowest BCUT2D eigenvalue weighted by Crippen LogP contribution is -2.34. The highest BCUT2D eigenvalue weighted by atomic mass is 15.0. The van der Waals surface area contributed by atoms with E-state index in [4.69, 9.17) is 0 Å². The number of aryl methyl sites for hydroxylation is 1. The first kappa shape index (κ1) is 9.72. The van der Waals surface area contributed by atoms with Gasteiger partial charge >= 0.3 is 0 Å². The van der Waals surface area contributed by atoms with Crippen LogP contribution >= 0.6 is 0 Å². The van der Waals surface area contributed by atoms with Gasteiger partial charge in [0.15, 0.2) is 0 Å². The molecule has 1 aromatic rings. The minimum Gasteiger partial charge on any atom is -0.307 e. The fourth-order valence-corrected chi connectivity index (χ4v) is 2.36. The highest BCUT2D eigenvalue weighted by Crippen LogP contribution is 2.27. The third-order valence-corrected chi connectivity index (χ3v) is 3.18. The van der Waals surface area contributed by atoms with Crippen LogP contribution in [0.1, 0.15) is 43.4 Å². The van der Waals surface area contributed by atoms with Crippen molar-refractivity contribution >= 4 is 0 Å². The molecule has 1 aromatic carbocycles. The van der Waals surface area contributed by atoms with E-state index in [0.29, 0.717) is 12.1 Å². The number of hydrogen-bond donors (Lipinski definition) is 1. The van der Waals surface area contributed by atoms with Gasteiger partial charge in [-0.1, -0.05) is 30.7 Å². The minimum atomic E-state index is 0.583. The number of piperidine rings is 1. The average Bonchev–Trinajstić information content (AvgIpc) is 2.18. The quantitative estimate of drug-likeness (QED) is 0.715. The molecule has 0 bridgehead atoms. The Kier molecular flexibility index (Phi) is 2.87. The summed E-state index contributed by atoms with van der Waals surface area (Å²) in [7, 11) is 0. The largest absolute Gasteiger partial charge is 0.307 e. The van der Waals surface area contributed by atoms with Crippen molar-refractivity contribution in [3.8, 4) is 0 Å². The van der Waals surface area contributed by atoms with Crippen LogP contribution in [0.2, 0.25) is 0 Å². The van der Waals surface area contributed by atoms with Gasteiger partial charge in [-0.15, -0.1) is 0 Å². The van der Waals surface area contributed by atoms with Crippen molar-refractivity contribution in [3.05, 3.63) is 35.4 Å². The molecule has 1 aliphatic heterocycles. The lowest BCUT2D eigenvalue weighted by atomic mass is 9.92. The molecule has 2 unspecified atom stereocenters. The normalized spacial score (nSPS) is 27.6. The van der Waals surface area contributed by atoms with Crippen molar-refractivity contribution in [1.29, 1.82) is 0 Å². The summed E-state index contributed by atoms with van der Waals surface area (Å²) in [6, 6.07) is 9.98.